The maximum absolute atomic E-state index is 12.4. The van der Waals surface area contributed by atoms with Crippen LogP contribution >= 0.6 is 12.4 Å². The summed E-state index contributed by atoms with van der Waals surface area (Å²) in [5.74, 6) is 0.165. The number of ether oxygens (including phenoxy) is 1. The van der Waals surface area contributed by atoms with Crippen LogP contribution in [-0.2, 0) is 14.8 Å². The van der Waals surface area contributed by atoms with E-state index in [9.17, 15) is 8.42 Å². The summed E-state index contributed by atoms with van der Waals surface area (Å²) in [6, 6.07) is 0.595. The predicted octanol–water partition coefficient (Wildman–Crippen LogP) is -0.103. The second-order valence-electron chi connectivity index (χ2n) is 6.00. The fourth-order valence-electron chi connectivity index (χ4n) is 3.41. The van der Waals surface area contributed by atoms with E-state index in [1.807, 2.05) is 0 Å². The van der Waals surface area contributed by atoms with Gasteiger partial charge in [0.2, 0.25) is 10.0 Å². The lowest BCUT2D eigenvalue weighted by atomic mass is 10.2. The molecular weight excluding hydrogens is 314 g/mol. The van der Waals surface area contributed by atoms with Crippen LogP contribution in [0.1, 0.15) is 19.3 Å². The summed E-state index contributed by atoms with van der Waals surface area (Å²) < 4.78 is 31.9. The van der Waals surface area contributed by atoms with Crippen molar-refractivity contribution in [2.75, 3.05) is 51.6 Å². The third-order valence-corrected chi connectivity index (χ3v) is 6.58. The van der Waals surface area contributed by atoms with Crippen LogP contribution in [-0.4, -0.2) is 81.4 Å². The summed E-state index contributed by atoms with van der Waals surface area (Å²) in [6.45, 7) is 5.82. The van der Waals surface area contributed by atoms with Crippen molar-refractivity contribution in [3.8, 4) is 0 Å². The molecule has 0 amide bonds. The second-order valence-corrected chi connectivity index (χ2v) is 8.01. The first-order valence-electron chi connectivity index (χ1n) is 7.69. The third-order valence-electron chi connectivity index (χ3n) is 4.64. The Kier molecular flexibility index (Phi) is 6.28. The number of halogens is 1. The van der Waals surface area contributed by atoms with Crippen molar-refractivity contribution in [3.05, 3.63) is 0 Å². The Hall–Kier alpha value is 0.0800. The molecule has 3 saturated heterocycles. The third kappa shape index (κ3) is 4.30. The van der Waals surface area contributed by atoms with E-state index in [0.29, 0.717) is 25.7 Å². The molecule has 124 valence electrons. The average molecular weight is 340 g/mol. The molecule has 0 aliphatic carbocycles. The number of nitrogens with zero attached hydrogens (tertiary/aromatic N) is 2. The minimum atomic E-state index is -3.15. The summed E-state index contributed by atoms with van der Waals surface area (Å²) >= 11 is 0. The molecule has 2 unspecified atom stereocenters. The molecule has 21 heavy (non-hydrogen) atoms. The van der Waals surface area contributed by atoms with Crippen molar-refractivity contribution in [1.29, 1.82) is 0 Å². The molecule has 1 N–H and O–H groups in total. The first-order chi connectivity index (χ1) is 9.65. The smallest absolute Gasteiger partial charge is 0.216 e. The molecule has 2 atom stereocenters. The Morgan fingerprint density at radius 1 is 1.14 bits per heavy atom. The Labute approximate surface area is 133 Å². The van der Waals surface area contributed by atoms with E-state index in [0.717, 1.165) is 39.0 Å². The molecule has 0 aromatic rings. The van der Waals surface area contributed by atoms with E-state index in [4.69, 9.17) is 4.74 Å². The van der Waals surface area contributed by atoms with Crippen LogP contribution in [0.3, 0.4) is 0 Å². The van der Waals surface area contributed by atoms with Crippen molar-refractivity contribution in [1.82, 2.24) is 14.5 Å². The average Bonchev–Trinajstić information content (AvgIpc) is 3.11. The predicted molar refractivity (Wildman–Crippen MR) is 84.4 cm³/mol. The number of rotatable bonds is 4. The summed E-state index contributed by atoms with van der Waals surface area (Å²) in [5.41, 5.74) is 0. The van der Waals surface area contributed by atoms with E-state index in [-0.39, 0.29) is 24.3 Å². The van der Waals surface area contributed by atoms with Gasteiger partial charge in [-0.25, -0.2) is 8.42 Å². The van der Waals surface area contributed by atoms with Crippen molar-refractivity contribution < 1.29 is 13.2 Å². The highest BCUT2D eigenvalue weighted by atomic mass is 35.5. The number of piperazine rings is 1. The van der Waals surface area contributed by atoms with Crippen molar-refractivity contribution in [2.24, 2.45) is 0 Å². The highest BCUT2D eigenvalue weighted by molar-refractivity contribution is 7.89. The Bertz CT molecular complexity index is 414. The van der Waals surface area contributed by atoms with E-state index in [1.165, 1.54) is 6.42 Å². The Balaban J connectivity index is 0.00000161. The van der Waals surface area contributed by atoms with Gasteiger partial charge >= 0.3 is 0 Å². The first-order valence-corrected chi connectivity index (χ1v) is 9.30. The van der Waals surface area contributed by atoms with Gasteiger partial charge in [0, 0.05) is 45.4 Å². The highest BCUT2D eigenvalue weighted by Gasteiger charge is 2.33. The lowest BCUT2D eigenvalue weighted by Gasteiger charge is -2.37. The van der Waals surface area contributed by atoms with Crippen LogP contribution in [0.5, 0.6) is 0 Å². The Morgan fingerprint density at radius 3 is 2.48 bits per heavy atom. The largest absolute Gasteiger partial charge is 0.377 e. The molecule has 3 heterocycles. The first kappa shape index (κ1) is 17.4. The number of hydrogen-bond donors (Lipinski definition) is 1. The molecule has 8 heteroatoms. The van der Waals surface area contributed by atoms with Crippen molar-refractivity contribution >= 4 is 22.4 Å². The zero-order valence-electron chi connectivity index (χ0n) is 12.4. The van der Waals surface area contributed by atoms with E-state index in [2.05, 4.69) is 10.2 Å². The topological polar surface area (TPSA) is 61.9 Å². The molecule has 3 rings (SSSR count). The van der Waals surface area contributed by atoms with E-state index < -0.39 is 10.0 Å². The second kappa shape index (κ2) is 7.57. The molecule has 0 bridgehead atoms. The standard InChI is InChI=1S/C13H25N3O3S.ClH/c17-20(18,11-13-2-1-9-19-13)16-7-5-15(6-8-16)12-3-4-14-10-12;/h12-14H,1-11H2;1H. The van der Waals surface area contributed by atoms with E-state index in [1.54, 1.807) is 4.31 Å². The maximum Gasteiger partial charge on any atom is 0.216 e. The van der Waals surface area contributed by atoms with Crippen LogP contribution in [0.25, 0.3) is 0 Å². The molecule has 3 fully saturated rings. The van der Waals surface area contributed by atoms with Gasteiger partial charge in [0.25, 0.3) is 0 Å². The zero-order chi connectivity index (χ0) is 14.0. The van der Waals surface area contributed by atoms with Crippen LogP contribution in [0.4, 0.5) is 0 Å². The fourth-order valence-corrected chi connectivity index (χ4v) is 5.08. The minimum absolute atomic E-state index is 0. The van der Waals surface area contributed by atoms with Gasteiger partial charge in [-0.15, -0.1) is 12.4 Å². The molecule has 3 aliphatic heterocycles. The fraction of sp³-hybridized carbons (Fsp3) is 1.00. The van der Waals surface area contributed by atoms with Crippen molar-refractivity contribution in [2.45, 2.75) is 31.4 Å². The Morgan fingerprint density at radius 2 is 1.90 bits per heavy atom. The van der Waals surface area contributed by atoms with Crippen molar-refractivity contribution in [3.63, 3.8) is 0 Å². The highest BCUT2D eigenvalue weighted by Crippen LogP contribution is 2.18. The molecule has 0 radical (unpaired) electrons. The van der Waals surface area contributed by atoms with Crippen LogP contribution in [0, 0.1) is 0 Å². The van der Waals surface area contributed by atoms with Crippen LogP contribution < -0.4 is 5.32 Å². The van der Waals surface area contributed by atoms with Gasteiger partial charge in [0.1, 0.15) is 0 Å². The quantitative estimate of drug-likeness (QED) is 0.775. The van der Waals surface area contributed by atoms with Gasteiger partial charge < -0.3 is 10.1 Å². The summed E-state index contributed by atoms with van der Waals surface area (Å²) in [7, 11) is -3.15. The van der Waals surface area contributed by atoms with Crippen LogP contribution in [0.2, 0.25) is 0 Å². The van der Waals surface area contributed by atoms with E-state index >= 15 is 0 Å². The maximum atomic E-state index is 12.4. The lowest BCUT2D eigenvalue weighted by Crippen LogP contribution is -2.53. The van der Waals surface area contributed by atoms with Gasteiger partial charge in [-0.3, -0.25) is 4.90 Å². The molecular formula is C13H26ClN3O3S. The number of nitrogens with one attached hydrogen (secondary N) is 1. The molecule has 0 saturated carbocycles. The van der Waals surface area contributed by atoms with Gasteiger partial charge in [-0.2, -0.15) is 4.31 Å². The monoisotopic (exact) mass is 339 g/mol. The zero-order valence-corrected chi connectivity index (χ0v) is 14.0. The SMILES string of the molecule is Cl.O=S(=O)(CC1CCCO1)N1CCN(C2CCNC2)CC1. The molecule has 0 aromatic heterocycles. The minimum Gasteiger partial charge on any atom is -0.377 e. The van der Waals surface area contributed by atoms with Gasteiger partial charge in [0.15, 0.2) is 0 Å². The normalized spacial score (nSPS) is 32.2. The molecule has 3 aliphatic rings. The summed E-state index contributed by atoms with van der Waals surface area (Å²) in [6.07, 6.45) is 2.97. The summed E-state index contributed by atoms with van der Waals surface area (Å²) in [4.78, 5) is 2.43. The summed E-state index contributed by atoms with van der Waals surface area (Å²) in [5, 5.41) is 3.37. The number of sulfonamides is 1. The van der Waals surface area contributed by atoms with Gasteiger partial charge in [-0.05, 0) is 25.8 Å². The molecule has 6 nitrogen and oxygen atoms in total. The lowest BCUT2D eigenvalue weighted by molar-refractivity contribution is 0.122. The molecule has 0 spiro atoms. The molecule has 0 aromatic carbocycles. The van der Waals surface area contributed by atoms with Crippen LogP contribution in [0.15, 0.2) is 0 Å². The van der Waals surface area contributed by atoms with Gasteiger partial charge in [0.05, 0.1) is 11.9 Å². The number of hydrogen-bond acceptors (Lipinski definition) is 5. The van der Waals surface area contributed by atoms with Gasteiger partial charge in [-0.1, -0.05) is 0 Å².